The predicted molar refractivity (Wildman–Crippen MR) is 131 cm³/mol. The van der Waals surface area contributed by atoms with E-state index in [1.807, 2.05) is 0 Å². The van der Waals surface area contributed by atoms with E-state index in [0.717, 1.165) is 5.56 Å². The minimum absolute atomic E-state index is 0.0280. The molecule has 178 valence electrons. The van der Waals surface area contributed by atoms with Crippen LogP contribution in [0.2, 0.25) is 0 Å². The van der Waals surface area contributed by atoms with E-state index in [2.05, 4.69) is 29.3 Å². The van der Waals surface area contributed by atoms with E-state index in [-0.39, 0.29) is 5.96 Å². The van der Waals surface area contributed by atoms with Gasteiger partial charge in [0.05, 0.1) is 0 Å². The Morgan fingerprint density at radius 2 is 1.58 bits per heavy atom. The van der Waals surface area contributed by atoms with E-state index in [1.54, 1.807) is 24.3 Å². The van der Waals surface area contributed by atoms with E-state index in [9.17, 15) is 4.79 Å². The quantitative estimate of drug-likeness (QED) is 0.125. The van der Waals surface area contributed by atoms with Crippen molar-refractivity contribution >= 4 is 11.9 Å². The lowest BCUT2D eigenvalue weighted by Crippen LogP contribution is -2.34. The largest absolute Gasteiger partial charge is 0.489 e. The van der Waals surface area contributed by atoms with Crippen LogP contribution in [0.15, 0.2) is 53.5 Å². The van der Waals surface area contributed by atoms with E-state index in [1.165, 1.54) is 44.1 Å². The molecule has 0 heterocycles. The molecule has 0 radical (unpaired) electrons. The minimum atomic E-state index is -0.726. The summed E-state index contributed by atoms with van der Waals surface area (Å²) in [5.74, 6) is 1.38. The smallest absolute Gasteiger partial charge is 0.328 e. The first-order valence-corrected chi connectivity index (χ1v) is 11.9. The van der Waals surface area contributed by atoms with Crippen molar-refractivity contribution in [2.24, 2.45) is 22.2 Å². The molecule has 2 aromatic rings. The molecule has 3 rings (SSSR count). The van der Waals surface area contributed by atoms with Crippen LogP contribution in [0.3, 0.4) is 0 Å². The van der Waals surface area contributed by atoms with Crippen molar-refractivity contribution in [1.82, 2.24) is 0 Å². The van der Waals surface area contributed by atoms with Crippen LogP contribution < -0.4 is 26.7 Å². The standard InChI is InChI=1S/C26H36N4O3/c27-24(8-5-17-30-26(28)29)25(31)33-23-15-13-22(14-16-23)32-18-19-9-11-21(12-10-19)20-6-3-1-2-4-7-20/h9-16,20,24H,1-8,17-18,27H2,(H4,28,29,30). The lowest BCUT2D eigenvalue weighted by atomic mass is 9.91. The van der Waals surface area contributed by atoms with Gasteiger partial charge in [-0.25, -0.2) is 4.79 Å². The van der Waals surface area contributed by atoms with Gasteiger partial charge in [-0.05, 0) is 67.0 Å². The normalized spacial score (nSPS) is 15.3. The van der Waals surface area contributed by atoms with Gasteiger partial charge in [-0.3, -0.25) is 4.99 Å². The van der Waals surface area contributed by atoms with Gasteiger partial charge in [0.1, 0.15) is 24.1 Å². The fourth-order valence-electron chi connectivity index (χ4n) is 4.10. The third-order valence-electron chi connectivity index (χ3n) is 6.02. The molecule has 7 heteroatoms. The van der Waals surface area contributed by atoms with Crippen molar-refractivity contribution < 1.29 is 14.3 Å². The molecule has 0 aliphatic heterocycles. The fourth-order valence-corrected chi connectivity index (χ4v) is 4.10. The van der Waals surface area contributed by atoms with Crippen molar-refractivity contribution in [3.8, 4) is 11.5 Å². The van der Waals surface area contributed by atoms with Crippen molar-refractivity contribution in [2.45, 2.75) is 69.9 Å². The molecule has 7 nitrogen and oxygen atoms in total. The number of hydrogen-bond donors (Lipinski definition) is 3. The van der Waals surface area contributed by atoms with E-state index in [0.29, 0.717) is 43.4 Å². The maximum absolute atomic E-state index is 12.1. The lowest BCUT2D eigenvalue weighted by molar-refractivity contribution is -0.136. The number of carbonyl (C=O) groups is 1. The highest BCUT2D eigenvalue weighted by atomic mass is 16.5. The van der Waals surface area contributed by atoms with Gasteiger partial charge in [0.15, 0.2) is 5.96 Å². The number of nitrogens with zero attached hydrogens (tertiary/aromatic N) is 1. The molecule has 1 aliphatic rings. The van der Waals surface area contributed by atoms with Gasteiger partial charge in [-0.2, -0.15) is 0 Å². The van der Waals surface area contributed by atoms with Gasteiger partial charge in [0, 0.05) is 6.54 Å². The SMILES string of the molecule is NC(N)=NCCCC(N)C(=O)Oc1ccc(OCc2ccc(C3CCCCCC3)cc2)cc1. The predicted octanol–water partition coefficient (Wildman–Crippen LogP) is 3.99. The van der Waals surface area contributed by atoms with Crippen molar-refractivity contribution in [2.75, 3.05) is 6.54 Å². The van der Waals surface area contributed by atoms with Crippen LogP contribution >= 0.6 is 0 Å². The lowest BCUT2D eigenvalue weighted by Gasteiger charge is -2.15. The van der Waals surface area contributed by atoms with Crippen LogP contribution in [0.25, 0.3) is 0 Å². The third kappa shape index (κ3) is 8.42. The molecule has 1 saturated carbocycles. The van der Waals surface area contributed by atoms with Crippen molar-refractivity contribution in [1.29, 1.82) is 0 Å². The van der Waals surface area contributed by atoms with Gasteiger partial charge >= 0.3 is 5.97 Å². The summed E-state index contributed by atoms with van der Waals surface area (Å²) >= 11 is 0. The number of hydrogen-bond acceptors (Lipinski definition) is 5. The molecule has 1 unspecified atom stereocenters. The molecule has 0 amide bonds. The maximum atomic E-state index is 12.1. The molecule has 0 bridgehead atoms. The van der Waals surface area contributed by atoms with Crippen molar-refractivity contribution in [3.05, 3.63) is 59.7 Å². The monoisotopic (exact) mass is 452 g/mol. The van der Waals surface area contributed by atoms with Crippen LogP contribution in [0.1, 0.15) is 68.4 Å². The Morgan fingerprint density at radius 3 is 2.21 bits per heavy atom. The molecule has 1 atom stereocenters. The molecule has 0 aromatic heterocycles. The molecular formula is C26H36N4O3. The third-order valence-corrected chi connectivity index (χ3v) is 6.02. The Hall–Kier alpha value is -3.06. The number of guanidine groups is 1. The minimum Gasteiger partial charge on any atom is -0.489 e. The Bertz CT molecular complexity index is 885. The second-order valence-electron chi connectivity index (χ2n) is 8.67. The molecule has 1 aliphatic carbocycles. The fraction of sp³-hybridized carbons (Fsp3) is 0.462. The van der Waals surface area contributed by atoms with Gasteiger partial charge in [0.2, 0.25) is 0 Å². The summed E-state index contributed by atoms with van der Waals surface area (Å²) in [5.41, 5.74) is 19.0. The highest BCUT2D eigenvalue weighted by molar-refractivity contribution is 5.78. The Balaban J connectivity index is 1.42. The van der Waals surface area contributed by atoms with Gasteiger partial charge in [-0.1, -0.05) is 49.9 Å². The first kappa shape index (κ1) is 24.6. The zero-order chi connectivity index (χ0) is 23.5. The number of ether oxygens (including phenoxy) is 2. The summed E-state index contributed by atoms with van der Waals surface area (Å²) in [5, 5.41) is 0. The zero-order valence-corrected chi connectivity index (χ0v) is 19.2. The van der Waals surface area contributed by atoms with Crippen LogP contribution in [-0.4, -0.2) is 24.5 Å². The van der Waals surface area contributed by atoms with Crippen LogP contribution in [0, 0.1) is 0 Å². The second-order valence-corrected chi connectivity index (χ2v) is 8.67. The zero-order valence-electron chi connectivity index (χ0n) is 19.2. The first-order valence-electron chi connectivity index (χ1n) is 11.9. The Labute approximate surface area is 196 Å². The number of carbonyl (C=O) groups excluding carboxylic acids is 1. The highest BCUT2D eigenvalue weighted by Crippen LogP contribution is 2.31. The molecule has 33 heavy (non-hydrogen) atoms. The number of aliphatic imine (C=N–C) groups is 1. The number of nitrogens with two attached hydrogens (primary N) is 3. The molecule has 0 saturated heterocycles. The van der Waals surface area contributed by atoms with Crippen LogP contribution in [0.4, 0.5) is 0 Å². The van der Waals surface area contributed by atoms with E-state index >= 15 is 0 Å². The summed E-state index contributed by atoms with van der Waals surface area (Å²) in [4.78, 5) is 16.0. The second kappa shape index (κ2) is 12.8. The Kier molecular flexibility index (Phi) is 9.57. The topological polar surface area (TPSA) is 126 Å². The average molecular weight is 453 g/mol. The summed E-state index contributed by atoms with van der Waals surface area (Å²) in [6.07, 6.45) is 9.06. The van der Waals surface area contributed by atoms with Gasteiger partial charge < -0.3 is 26.7 Å². The van der Waals surface area contributed by atoms with Gasteiger partial charge in [0.25, 0.3) is 0 Å². The molecular weight excluding hydrogens is 416 g/mol. The number of esters is 1. The summed E-state index contributed by atoms with van der Waals surface area (Å²) in [6, 6.07) is 15.1. The Morgan fingerprint density at radius 1 is 0.939 bits per heavy atom. The highest BCUT2D eigenvalue weighted by Gasteiger charge is 2.16. The summed E-state index contributed by atoms with van der Waals surface area (Å²) in [7, 11) is 0. The number of rotatable bonds is 10. The maximum Gasteiger partial charge on any atom is 0.328 e. The van der Waals surface area contributed by atoms with E-state index < -0.39 is 12.0 Å². The van der Waals surface area contributed by atoms with Gasteiger partial charge in [-0.15, -0.1) is 0 Å². The first-order chi connectivity index (χ1) is 16.0. The van der Waals surface area contributed by atoms with Crippen LogP contribution in [0.5, 0.6) is 11.5 Å². The molecule has 6 N–H and O–H groups in total. The molecule has 1 fully saturated rings. The number of benzene rings is 2. The molecule has 2 aromatic carbocycles. The molecule has 0 spiro atoms. The summed E-state index contributed by atoms with van der Waals surface area (Å²) in [6.45, 7) is 0.920. The van der Waals surface area contributed by atoms with Crippen molar-refractivity contribution in [3.63, 3.8) is 0 Å². The van der Waals surface area contributed by atoms with Crippen LogP contribution in [-0.2, 0) is 11.4 Å². The average Bonchev–Trinajstić information content (AvgIpc) is 3.11. The summed E-state index contributed by atoms with van der Waals surface area (Å²) < 4.78 is 11.2. The van der Waals surface area contributed by atoms with E-state index in [4.69, 9.17) is 26.7 Å².